The summed E-state index contributed by atoms with van der Waals surface area (Å²) in [5.41, 5.74) is 8.31. The lowest BCUT2D eigenvalue weighted by Gasteiger charge is -2.11. The third kappa shape index (κ3) is 2.03. The molecule has 2 nitrogen and oxygen atoms in total. The number of anilines is 3. The highest BCUT2D eigenvalue weighted by atomic mass is 35.5. The van der Waals surface area contributed by atoms with Crippen LogP contribution < -0.4 is 11.1 Å². The Kier molecular flexibility index (Phi) is 2.86. The summed E-state index contributed by atoms with van der Waals surface area (Å²) in [6.07, 6.45) is 0. The van der Waals surface area contributed by atoms with Crippen LogP contribution in [0.3, 0.4) is 0 Å². The van der Waals surface area contributed by atoms with E-state index in [2.05, 4.69) is 28.9 Å². The van der Waals surface area contributed by atoms with Crippen molar-refractivity contribution in [1.82, 2.24) is 0 Å². The number of fused-ring (bicyclic) bond motifs is 1. The molecule has 0 fully saturated rings. The summed E-state index contributed by atoms with van der Waals surface area (Å²) in [4.78, 5) is 0. The van der Waals surface area contributed by atoms with E-state index in [-0.39, 0.29) is 0 Å². The molecule has 0 saturated carbocycles. The molecule has 1 aromatic heterocycles. The zero-order chi connectivity index (χ0) is 12.5. The number of halogens is 1. The molecule has 3 aromatic rings. The Morgan fingerprint density at radius 3 is 2.83 bits per heavy atom. The van der Waals surface area contributed by atoms with E-state index >= 15 is 0 Å². The first kappa shape index (κ1) is 11.4. The Bertz CT molecular complexity index is 686. The SMILES string of the molecule is Nc1cccc(Cl)c1Nc1ccc2sccc2c1. The molecule has 0 atom stereocenters. The van der Waals surface area contributed by atoms with Gasteiger partial charge in [-0.3, -0.25) is 0 Å². The number of hydrogen-bond acceptors (Lipinski definition) is 3. The van der Waals surface area contributed by atoms with E-state index in [1.54, 1.807) is 11.3 Å². The Morgan fingerprint density at radius 2 is 2.00 bits per heavy atom. The molecule has 2 aromatic carbocycles. The van der Waals surface area contributed by atoms with Gasteiger partial charge in [-0.25, -0.2) is 0 Å². The van der Waals surface area contributed by atoms with Gasteiger partial charge in [0.15, 0.2) is 0 Å². The van der Waals surface area contributed by atoms with E-state index in [1.165, 1.54) is 10.1 Å². The Morgan fingerprint density at radius 1 is 1.11 bits per heavy atom. The normalized spacial score (nSPS) is 10.7. The average Bonchev–Trinajstić information content (AvgIpc) is 2.81. The lowest BCUT2D eigenvalue weighted by Crippen LogP contribution is -1.96. The fourth-order valence-electron chi connectivity index (χ4n) is 1.86. The molecule has 0 aliphatic carbocycles. The van der Waals surface area contributed by atoms with Crippen LogP contribution in [0, 0.1) is 0 Å². The van der Waals surface area contributed by atoms with Crippen LogP contribution in [0.1, 0.15) is 0 Å². The summed E-state index contributed by atoms with van der Waals surface area (Å²) in [6.45, 7) is 0. The molecule has 0 radical (unpaired) electrons. The minimum absolute atomic E-state index is 0.625. The van der Waals surface area contributed by atoms with Gasteiger partial charge in [0.05, 0.1) is 16.4 Å². The number of nitrogens with two attached hydrogens (primary N) is 1. The Balaban J connectivity index is 2.00. The van der Waals surface area contributed by atoms with Gasteiger partial charge in [0.2, 0.25) is 0 Å². The summed E-state index contributed by atoms with van der Waals surface area (Å²) in [5, 5.41) is 7.20. The molecule has 0 bridgehead atoms. The minimum atomic E-state index is 0.625. The maximum atomic E-state index is 6.14. The largest absolute Gasteiger partial charge is 0.397 e. The molecule has 3 rings (SSSR count). The lowest BCUT2D eigenvalue weighted by atomic mass is 10.2. The van der Waals surface area contributed by atoms with Gasteiger partial charge < -0.3 is 11.1 Å². The molecule has 3 N–H and O–H groups in total. The average molecular weight is 275 g/mol. The third-order valence-electron chi connectivity index (χ3n) is 2.77. The summed E-state index contributed by atoms with van der Waals surface area (Å²) >= 11 is 7.87. The van der Waals surface area contributed by atoms with Gasteiger partial charge >= 0.3 is 0 Å². The number of rotatable bonds is 2. The summed E-state index contributed by atoms with van der Waals surface area (Å²) < 4.78 is 1.27. The maximum Gasteiger partial charge on any atom is 0.0807 e. The summed E-state index contributed by atoms with van der Waals surface area (Å²) in [5.74, 6) is 0. The Labute approximate surface area is 114 Å². The van der Waals surface area contributed by atoms with Gasteiger partial charge in [-0.15, -0.1) is 11.3 Å². The molecular weight excluding hydrogens is 264 g/mol. The predicted molar refractivity (Wildman–Crippen MR) is 81.0 cm³/mol. The molecule has 0 aliphatic rings. The van der Waals surface area contributed by atoms with E-state index in [4.69, 9.17) is 17.3 Å². The molecule has 0 amide bonds. The van der Waals surface area contributed by atoms with Crippen molar-refractivity contribution in [2.75, 3.05) is 11.1 Å². The molecular formula is C14H11ClN2S. The van der Waals surface area contributed by atoms with Gasteiger partial charge in [0.1, 0.15) is 0 Å². The van der Waals surface area contributed by atoms with E-state index in [9.17, 15) is 0 Å². The van der Waals surface area contributed by atoms with E-state index in [0.717, 1.165) is 11.4 Å². The fraction of sp³-hybridized carbons (Fsp3) is 0. The number of nitrogen functional groups attached to an aromatic ring is 1. The van der Waals surface area contributed by atoms with Crippen molar-refractivity contribution >= 4 is 50.1 Å². The molecule has 0 aliphatic heterocycles. The highest BCUT2D eigenvalue weighted by Crippen LogP contribution is 2.32. The number of benzene rings is 2. The lowest BCUT2D eigenvalue weighted by molar-refractivity contribution is 1.56. The molecule has 0 unspecified atom stereocenters. The van der Waals surface area contributed by atoms with Crippen molar-refractivity contribution < 1.29 is 0 Å². The van der Waals surface area contributed by atoms with Crippen LogP contribution in [0.2, 0.25) is 5.02 Å². The highest BCUT2D eigenvalue weighted by molar-refractivity contribution is 7.17. The van der Waals surface area contributed by atoms with Crippen molar-refractivity contribution in [2.45, 2.75) is 0 Å². The van der Waals surface area contributed by atoms with Crippen LogP contribution in [-0.4, -0.2) is 0 Å². The molecule has 0 saturated heterocycles. The maximum absolute atomic E-state index is 6.14. The van der Waals surface area contributed by atoms with Crippen molar-refractivity contribution in [1.29, 1.82) is 0 Å². The van der Waals surface area contributed by atoms with Crippen LogP contribution in [0.25, 0.3) is 10.1 Å². The smallest absolute Gasteiger partial charge is 0.0807 e. The van der Waals surface area contributed by atoms with Crippen LogP contribution in [0.15, 0.2) is 47.8 Å². The second kappa shape index (κ2) is 4.52. The van der Waals surface area contributed by atoms with Gasteiger partial charge in [-0.1, -0.05) is 17.7 Å². The van der Waals surface area contributed by atoms with Crippen LogP contribution >= 0.6 is 22.9 Å². The number of nitrogens with one attached hydrogen (secondary N) is 1. The van der Waals surface area contributed by atoms with Crippen LogP contribution in [-0.2, 0) is 0 Å². The number of para-hydroxylation sites is 1. The third-order valence-corrected chi connectivity index (χ3v) is 3.98. The minimum Gasteiger partial charge on any atom is -0.397 e. The standard InChI is InChI=1S/C14H11ClN2S/c15-11-2-1-3-12(16)14(11)17-10-4-5-13-9(8-10)6-7-18-13/h1-8,17H,16H2. The van der Waals surface area contributed by atoms with E-state index < -0.39 is 0 Å². The van der Waals surface area contributed by atoms with Gasteiger partial charge in [-0.2, -0.15) is 0 Å². The zero-order valence-corrected chi connectivity index (χ0v) is 11.1. The van der Waals surface area contributed by atoms with Gasteiger partial charge in [0, 0.05) is 10.4 Å². The molecule has 0 spiro atoms. The quantitative estimate of drug-likeness (QED) is 0.654. The van der Waals surface area contributed by atoms with Crippen molar-refractivity contribution in [3.8, 4) is 0 Å². The van der Waals surface area contributed by atoms with Crippen molar-refractivity contribution in [2.24, 2.45) is 0 Å². The van der Waals surface area contributed by atoms with Crippen molar-refractivity contribution in [3.63, 3.8) is 0 Å². The monoisotopic (exact) mass is 274 g/mol. The van der Waals surface area contributed by atoms with Crippen molar-refractivity contribution in [3.05, 3.63) is 52.9 Å². The Hall–Kier alpha value is -1.71. The second-order valence-corrected chi connectivity index (χ2v) is 5.36. The molecule has 18 heavy (non-hydrogen) atoms. The summed E-state index contributed by atoms with van der Waals surface area (Å²) in [7, 11) is 0. The van der Waals surface area contributed by atoms with E-state index in [0.29, 0.717) is 10.7 Å². The first-order valence-corrected chi connectivity index (χ1v) is 6.78. The van der Waals surface area contributed by atoms with Gasteiger partial charge in [-0.05, 0) is 47.2 Å². The fourth-order valence-corrected chi connectivity index (χ4v) is 2.86. The van der Waals surface area contributed by atoms with Crippen LogP contribution in [0.4, 0.5) is 17.1 Å². The summed E-state index contributed by atoms with van der Waals surface area (Å²) in [6, 6.07) is 13.8. The first-order chi connectivity index (χ1) is 8.74. The number of hydrogen-bond donors (Lipinski definition) is 2. The predicted octanol–water partition coefficient (Wildman–Crippen LogP) is 4.88. The van der Waals surface area contributed by atoms with Gasteiger partial charge in [0.25, 0.3) is 0 Å². The van der Waals surface area contributed by atoms with Crippen LogP contribution in [0.5, 0.6) is 0 Å². The second-order valence-electron chi connectivity index (χ2n) is 4.00. The topological polar surface area (TPSA) is 38.0 Å². The van der Waals surface area contributed by atoms with E-state index in [1.807, 2.05) is 24.3 Å². The molecule has 90 valence electrons. The number of thiophene rings is 1. The molecule has 4 heteroatoms. The zero-order valence-electron chi connectivity index (χ0n) is 9.48. The molecule has 1 heterocycles. The first-order valence-electron chi connectivity index (χ1n) is 5.52. The highest BCUT2D eigenvalue weighted by Gasteiger charge is 2.05.